The standard InChI is InChI=1S/C12H14ClN3O/c13-9-5-1-2-6-10(9)16-12(17)11-14-7-3-4-8-15-11/h1-2,5-6H,3-4,7-8H2,(H,14,15)(H,16,17). The van der Waals surface area contributed by atoms with Crippen LogP contribution in [0.4, 0.5) is 5.69 Å². The average Bonchev–Trinajstić information content (AvgIpc) is 2.61. The summed E-state index contributed by atoms with van der Waals surface area (Å²) in [6.07, 6.45) is 2.04. The molecule has 0 fully saturated rings. The van der Waals surface area contributed by atoms with Crippen LogP contribution in [0, 0.1) is 0 Å². The monoisotopic (exact) mass is 251 g/mol. The lowest BCUT2D eigenvalue weighted by Gasteiger charge is -2.09. The highest BCUT2D eigenvalue weighted by Gasteiger charge is 2.13. The Labute approximate surface area is 105 Å². The van der Waals surface area contributed by atoms with Gasteiger partial charge in [-0.25, -0.2) is 0 Å². The van der Waals surface area contributed by atoms with Gasteiger partial charge in [0.05, 0.1) is 10.7 Å². The van der Waals surface area contributed by atoms with E-state index in [1.807, 2.05) is 12.1 Å². The quantitative estimate of drug-likeness (QED) is 0.845. The molecule has 90 valence electrons. The molecule has 1 heterocycles. The number of rotatable bonds is 2. The number of amidine groups is 1. The largest absolute Gasteiger partial charge is 0.366 e. The third kappa shape index (κ3) is 3.20. The maximum atomic E-state index is 11.9. The van der Waals surface area contributed by atoms with Gasteiger partial charge in [0.25, 0.3) is 5.91 Å². The number of aliphatic imine (C=N–C) groups is 1. The molecule has 0 aromatic heterocycles. The highest BCUT2D eigenvalue weighted by Crippen LogP contribution is 2.20. The van der Waals surface area contributed by atoms with E-state index >= 15 is 0 Å². The minimum Gasteiger partial charge on any atom is -0.366 e. The van der Waals surface area contributed by atoms with E-state index in [0.29, 0.717) is 23.1 Å². The molecule has 0 saturated heterocycles. The van der Waals surface area contributed by atoms with E-state index in [1.54, 1.807) is 12.1 Å². The van der Waals surface area contributed by atoms with Gasteiger partial charge >= 0.3 is 0 Å². The minimum absolute atomic E-state index is 0.236. The van der Waals surface area contributed by atoms with E-state index in [0.717, 1.165) is 19.4 Å². The fourth-order valence-corrected chi connectivity index (χ4v) is 1.77. The SMILES string of the molecule is O=C(Nc1ccccc1Cl)C1=NCCCCN1. The zero-order valence-corrected chi connectivity index (χ0v) is 10.1. The number of carbonyl (C=O) groups excluding carboxylic acids is 1. The topological polar surface area (TPSA) is 53.5 Å². The number of amides is 1. The number of para-hydroxylation sites is 1. The number of nitrogens with one attached hydrogen (secondary N) is 2. The third-order valence-corrected chi connectivity index (χ3v) is 2.81. The maximum absolute atomic E-state index is 11.9. The Hall–Kier alpha value is -1.55. The van der Waals surface area contributed by atoms with Crippen LogP contribution in [0.3, 0.4) is 0 Å². The molecule has 0 aliphatic carbocycles. The molecule has 0 saturated carbocycles. The average molecular weight is 252 g/mol. The van der Waals surface area contributed by atoms with Crippen LogP contribution in [-0.4, -0.2) is 24.8 Å². The zero-order chi connectivity index (χ0) is 12.1. The summed E-state index contributed by atoms with van der Waals surface area (Å²) in [7, 11) is 0. The van der Waals surface area contributed by atoms with E-state index in [1.165, 1.54) is 0 Å². The molecule has 1 aromatic carbocycles. The van der Waals surface area contributed by atoms with Crippen LogP contribution in [0.15, 0.2) is 29.3 Å². The molecular weight excluding hydrogens is 238 g/mol. The van der Waals surface area contributed by atoms with Gasteiger partial charge in [-0.05, 0) is 25.0 Å². The van der Waals surface area contributed by atoms with Gasteiger partial charge in [-0.3, -0.25) is 9.79 Å². The van der Waals surface area contributed by atoms with Gasteiger partial charge in [0, 0.05) is 13.1 Å². The number of anilines is 1. The molecule has 0 unspecified atom stereocenters. The summed E-state index contributed by atoms with van der Waals surface area (Å²) in [5.74, 6) is 0.155. The second-order valence-electron chi connectivity index (χ2n) is 3.80. The fraction of sp³-hybridized carbons (Fsp3) is 0.333. The second-order valence-corrected chi connectivity index (χ2v) is 4.21. The van der Waals surface area contributed by atoms with Crippen molar-refractivity contribution >= 4 is 29.0 Å². The van der Waals surface area contributed by atoms with Crippen LogP contribution >= 0.6 is 11.6 Å². The van der Waals surface area contributed by atoms with E-state index in [2.05, 4.69) is 15.6 Å². The molecule has 2 rings (SSSR count). The van der Waals surface area contributed by atoms with Crippen molar-refractivity contribution in [2.24, 2.45) is 4.99 Å². The van der Waals surface area contributed by atoms with Gasteiger partial charge in [-0.2, -0.15) is 0 Å². The molecule has 1 aliphatic heterocycles. The first kappa shape index (κ1) is 11.9. The van der Waals surface area contributed by atoms with Crippen molar-refractivity contribution in [3.05, 3.63) is 29.3 Å². The summed E-state index contributed by atoms with van der Waals surface area (Å²) in [6, 6.07) is 7.14. The molecule has 2 N–H and O–H groups in total. The van der Waals surface area contributed by atoms with Crippen molar-refractivity contribution in [3.63, 3.8) is 0 Å². The van der Waals surface area contributed by atoms with E-state index in [4.69, 9.17) is 11.6 Å². The Bertz CT molecular complexity index is 445. The van der Waals surface area contributed by atoms with Crippen molar-refractivity contribution in [2.45, 2.75) is 12.8 Å². The van der Waals surface area contributed by atoms with Crippen LogP contribution in [0.1, 0.15) is 12.8 Å². The molecule has 0 atom stereocenters. The van der Waals surface area contributed by atoms with Gasteiger partial charge in [-0.15, -0.1) is 0 Å². The van der Waals surface area contributed by atoms with Gasteiger partial charge in [0.15, 0.2) is 5.84 Å². The van der Waals surface area contributed by atoms with Crippen molar-refractivity contribution in [2.75, 3.05) is 18.4 Å². The van der Waals surface area contributed by atoms with E-state index in [9.17, 15) is 4.79 Å². The number of hydrogen-bond acceptors (Lipinski definition) is 3. The summed E-state index contributed by atoms with van der Waals surface area (Å²) in [4.78, 5) is 16.1. The molecule has 0 radical (unpaired) electrons. The lowest BCUT2D eigenvalue weighted by Crippen LogP contribution is -2.35. The lowest BCUT2D eigenvalue weighted by atomic mass is 10.3. The fourth-order valence-electron chi connectivity index (χ4n) is 1.59. The normalized spacial score (nSPS) is 15.5. The Morgan fingerprint density at radius 3 is 3.00 bits per heavy atom. The van der Waals surface area contributed by atoms with Gasteiger partial charge < -0.3 is 10.6 Å². The van der Waals surface area contributed by atoms with Gasteiger partial charge in [0.1, 0.15) is 0 Å². The van der Waals surface area contributed by atoms with Gasteiger partial charge in [-0.1, -0.05) is 23.7 Å². The summed E-state index contributed by atoms with van der Waals surface area (Å²) >= 11 is 5.96. The Morgan fingerprint density at radius 1 is 1.35 bits per heavy atom. The van der Waals surface area contributed by atoms with Crippen LogP contribution in [-0.2, 0) is 4.79 Å². The van der Waals surface area contributed by atoms with Crippen LogP contribution in [0.25, 0.3) is 0 Å². The van der Waals surface area contributed by atoms with Crippen molar-refractivity contribution in [3.8, 4) is 0 Å². The molecule has 17 heavy (non-hydrogen) atoms. The molecule has 5 heteroatoms. The molecule has 1 aromatic rings. The summed E-state index contributed by atoms with van der Waals surface area (Å²) < 4.78 is 0. The number of halogens is 1. The second kappa shape index (κ2) is 5.68. The Kier molecular flexibility index (Phi) is 3.98. The minimum atomic E-state index is -0.236. The molecule has 0 bridgehead atoms. The molecule has 1 amide bonds. The van der Waals surface area contributed by atoms with Crippen molar-refractivity contribution < 1.29 is 4.79 Å². The first-order chi connectivity index (χ1) is 8.27. The number of hydrogen-bond donors (Lipinski definition) is 2. The van der Waals surface area contributed by atoms with Crippen LogP contribution in [0.2, 0.25) is 5.02 Å². The van der Waals surface area contributed by atoms with Crippen molar-refractivity contribution in [1.82, 2.24) is 5.32 Å². The molecular formula is C12H14ClN3O. The number of benzene rings is 1. The first-order valence-electron chi connectivity index (χ1n) is 5.61. The summed E-state index contributed by atoms with van der Waals surface area (Å²) in [5, 5.41) is 6.28. The smallest absolute Gasteiger partial charge is 0.290 e. The third-order valence-electron chi connectivity index (χ3n) is 2.48. The highest BCUT2D eigenvalue weighted by atomic mass is 35.5. The van der Waals surface area contributed by atoms with E-state index in [-0.39, 0.29) is 5.91 Å². The predicted octanol–water partition coefficient (Wildman–Crippen LogP) is 2.06. The van der Waals surface area contributed by atoms with E-state index < -0.39 is 0 Å². The van der Waals surface area contributed by atoms with Crippen LogP contribution < -0.4 is 10.6 Å². The first-order valence-corrected chi connectivity index (χ1v) is 5.99. The summed E-state index contributed by atoms with van der Waals surface area (Å²) in [6.45, 7) is 1.48. The van der Waals surface area contributed by atoms with Gasteiger partial charge in [0.2, 0.25) is 0 Å². The molecule has 4 nitrogen and oxygen atoms in total. The number of carbonyl (C=O) groups is 1. The number of nitrogens with zero attached hydrogens (tertiary/aromatic N) is 1. The highest BCUT2D eigenvalue weighted by molar-refractivity contribution is 6.43. The molecule has 0 spiro atoms. The summed E-state index contributed by atoms with van der Waals surface area (Å²) in [5.41, 5.74) is 0.605. The predicted molar refractivity (Wildman–Crippen MR) is 69.6 cm³/mol. The zero-order valence-electron chi connectivity index (χ0n) is 9.37. The Balaban J connectivity index is 2.06. The maximum Gasteiger partial charge on any atom is 0.290 e. The lowest BCUT2D eigenvalue weighted by molar-refractivity contribution is -0.110. The van der Waals surface area contributed by atoms with Crippen LogP contribution in [0.5, 0.6) is 0 Å². The Morgan fingerprint density at radius 2 is 2.18 bits per heavy atom. The van der Waals surface area contributed by atoms with Crippen molar-refractivity contribution in [1.29, 1.82) is 0 Å². The molecule has 1 aliphatic rings.